The van der Waals surface area contributed by atoms with Crippen molar-refractivity contribution in [1.29, 1.82) is 0 Å². The molecule has 3 aromatic carbocycles. The molecule has 58 heavy (non-hydrogen) atoms. The van der Waals surface area contributed by atoms with E-state index in [1.165, 1.54) is 17.0 Å². The van der Waals surface area contributed by atoms with E-state index < -0.39 is 52.4 Å². The summed E-state index contributed by atoms with van der Waals surface area (Å²) in [5.41, 5.74) is 3.38. The minimum absolute atomic E-state index is 0.115. The van der Waals surface area contributed by atoms with Gasteiger partial charge in [-0.1, -0.05) is 97.9 Å². The van der Waals surface area contributed by atoms with Gasteiger partial charge in [0.05, 0.1) is 18.4 Å². The number of hydrogen-bond acceptors (Lipinski definition) is 10. The average molecular weight is 819 g/mol. The van der Waals surface area contributed by atoms with E-state index in [1.54, 1.807) is 19.1 Å². The summed E-state index contributed by atoms with van der Waals surface area (Å²) in [5.74, 6) is -1.62. The summed E-state index contributed by atoms with van der Waals surface area (Å²) in [5, 5.41) is 27.1. The molecule has 1 aliphatic heterocycles. The maximum Gasteiger partial charge on any atom is 0.471 e. The maximum absolute atomic E-state index is 13.7. The van der Waals surface area contributed by atoms with E-state index in [2.05, 4.69) is 15.0 Å². The lowest BCUT2D eigenvalue weighted by molar-refractivity contribution is -0.190. The molecule has 306 valence electrons. The Balaban J connectivity index is 1.21. The highest BCUT2D eigenvalue weighted by Gasteiger charge is 2.51. The number of hydrogen-bond donors (Lipinski definition) is 4. The number of amides is 1. The molecule has 1 saturated heterocycles. The fourth-order valence-corrected chi connectivity index (χ4v) is 8.92. The molecule has 17 heteroatoms. The van der Waals surface area contributed by atoms with Gasteiger partial charge in [0, 0.05) is 43.5 Å². The van der Waals surface area contributed by atoms with Gasteiger partial charge in [0.2, 0.25) is 16.0 Å². The molecule has 0 unspecified atom stereocenters. The van der Waals surface area contributed by atoms with E-state index in [0.717, 1.165) is 22.1 Å². The third-order valence-corrected chi connectivity index (χ3v) is 11.8. The van der Waals surface area contributed by atoms with E-state index >= 15 is 0 Å². The van der Waals surface area contributed by atoms with Gasteiger partial charge >= 0.3 is 12.1 Å². The Labute approximate surface area is 334 Å². The van der Waals surface area contributed by atoms with Gasteiger partial charge in [-0.25, -0.2) is 18.1 Å². The summed E-state index contributed by atoms with van der Waals surface area (Å²) < 4.78 is 71.3. The van der Waals surface area contributed by atoms with Gasteiger partial charge in [-0.3, -0.25) is 4.79 Å². The number of carbonyl (C=O) groups excluding carboxylic acids is 1. The molecular weight excluding hydrogens is 774 g/mol. The van der Waals surface area contributed by atoms with Gasteiger partial charge in [-0.15, -0.1) is 0 Å². The number of nitrogens with one attached hydrogen (secondary N) is 2. The predicted octanol–water partition coefficient (Wildman–Crippen LogP) is 5.08. The number of alkyl halides is 3. The largest absolute Gasteiger partial charge is 0.471 e. The third kappa shape index (κ3) is 9.02. The molecule has 1 amide bonds. The Morgan fingerprint density at radius 2 is 1.60 bits per heavy atom. The molecular formula is C41H45F3N8O5S. The Bertz CT molecular complexity index is 2280. The lowest BCUT2D eigenvalue weighted by atomic mass is 9.91. The van der Waals surface area contributed by atoms with Crippen LogP contribution in [0.5, 0.6) is 0 Å². The highest BCUT2D eigenvalue weighted by Crippen LogP contribution is 2.38. The Hall–Kier alpha value is -5.36. The lowest BCUT2D eigenvalue weighted by Crippen LogP contribution is -2.51. The Kier molecular flexibility index (Phi) is 12.1. The zero-order chi connectivity index (χ0) is 41.0. The van der Waals surface area contributed by atoms with Crippen LogP contribution in [0.4, 0.5) is 24.9 Å². The first kappa shape index (κ1) is 40.8. The summed E-state index contributed by atoms with van der Waals surface area (Å²) in [6.45, 7) is 2.35. The van der Waals surface area contributed by atoms with Crippen LogP contribution in [0.3, 0.4) is 0 Å². The predicted molar refractivity (Wildman–Crippen MR) is 214 cm³/mol. The number of aliphatic hydroxyl groups excluding tert-OH is 2. The molecule has 13 nitrogen and oxygen atoms in total. The molecule has 1 aliphatic carbocycles. The Morgan fingerprint density at radius 1 is 0.966 bits per heavy atom. The highest BCUT2D eigenvalue weighted by atomic mass is 32.2. The minimum atomic E-state index is -5.17. The first-order valence-electron chi connectivity index (χ1n) is 19.2. The molecule has 3 heterocycles. The fourth-order valence-electron chi connectivity index (χ4n) is 7.84. The van der Waals surface area contributed by atoms with Crippen LogP contribution in [0.25, 0.3) is 17.2 Å². The number of fused-ring (bicyclic) bond motifs is 1. The summed E-state index contributed by atoms with van der Waals surface area (Å²) in [7, 11) is -3.81. The molecule has 2 aliphatic rings. The fraction of sp³-hybridized carbons (Fsp3) is 0.366. The van der Waals surface area contributed by atoms with Crippen LogP contribution < -0.4 is 14.9 Å². The van der Waals surface area contributed by atoms with Crippen LogP contribution in [0, 0.1) is 0 Å². The Morgan fingerprint density at radius 3 is 2.22 bits per heavy atom. The van der Waals surface area contributed by atoms with E-state index in [0.29, 0.717) is 35.7 Å². The topological polar surface area (TPSA) is 166 Å². The normalized spacial score (nSPS) is 21.4. The van der Waals surface area contributed by atoms with Crippen LogP contribution in [0.1, 0.15) is 54.8 Å². The van der Waals surface area contributed by atoms with Gasteiger partial charge in [-0.2, -0.15) is 23.1 Å². The van der Waals surface area contributed by atoms with Crippen molar-refractivity contribution in [2.24, 2.45) is 0 Å². The number of benzene rings is 3. The standard InChI is InChI=1S/C41H45F3N8O5S/c1-2-20-51(39(55)41(42,43)44)32-23-33(36(54)35(32)53)52-26-46-34-37(45-24-31(28-14-8-4-9-15-28)29-16-10-5-11-17-29)47-40(48-38(34)52)50-21-18-30(25-50)49-58(56,57)22-19-27-12-6-3-7-13-27/h3-17,19,22,26,30-33,35-36,49,53-54H,2,18,20-21,23-25H2,1H3,(H,45,47,48)/t30-,32+,33-,35-,36+/m1/s1. The van der Waals surface area contributed by atoms with Crippen LogP contribution in [0.15, 0.2) is 103 Å². The van der Waals surface area contributed by atoms with Crippen LogP contribution in [-0.4, -0.2) is 106 Å². The van der Waals surface area contributed by atoms with Gasteiger partial charge in [0.25, 0.3) is 0 Å². The number of nitrogens with zero attached hydrogens (tertiary/aromatic N) is 6. The molecule has 5 atom stereocenters. The SMILES string of the molecule is CCCN(C(=O)C(F)(F)F)[C@H]1C[C@@H](n2cnc3c(NCC(c4ccccc4)c4ccccc4)nc(N4CC[C@@H](NS(=O)(=O)C=Cc5ccccc5)C4)nc32)[C@H](O)[C@@H]1O. The summed E-state index contributed by atoms with van der Waals surface area (Å²) in [4.78, 5) is 29.3. The number of halogens is 3. The average Bonchev–Trinajstić information content (AvgIpc) is 3.94. The van der Waals surface area contributed by atoms with Gasteiger partial charge in [-0.05, 0) is 42.0 Å². The first-order valence-corrected chi connectivity index (χ1v) is 20.7. The number of anilines is 2. The van der Waals surface area contributed by atoms with Crippen molar-refractivity contribution in [2.45, 2.75) is 68.6 Å². The summed E-state index contributed by atoms with van der Waals surface area (Å²) in [6.07, 6.45) is -5.04. The second-order valence-electron chi connectivity index (χ2n) is 14.6. The van der Waals surface area contributed by atoms with Crippen molar-refractivity contribution in [3.8, 4) is 0 Å². The molecule has 0 bridgehead atoms. The zero-order valence-electron chi connectivity index (χ0n) is 31.7. The third-order valence-electron chi connectivity index (χ3n) is 10.7. The molecule has 4 N–H and O–H groups in total. The monoisotopic (exact) mass is 818 g/mol. The van der Waals surface area contributed by atoms with E-state index in [1.807, 2.05) is 83.8 Å². The van der Waals surface area contributed by atoms with Crippen LogP contribution in [-0.2, 0) is 14.8 Å². The molecule has 0 spiro atoms. The molecule has 1 saturated carbocycles. The number of carbonyl (C=O) groups is 1. The maximum atomic E-state index is 13.7. The molecule has 5 aromatic rings. The van der Waals surface area contributed by atoms with Crippen molar-refractivity contribution in [2.75, 3.05) is 36.4 Å². The van der Waals surface area contributed by atoms with Crippen molar-refractivity contribution < 1.29 is 36.6 Å². The van der Waals surface area contributed by atoms with Crippen molar-refractivity contribution in [3.63, 3.8) is 0 Å². The smallest absolute Gasteiger partial charge is 0.388 e. The number of imidazole rings is 1. The second kappa shape index (κ2) is 17.2. The molecule has 2 aromatic heterocycles. The summed E-state index contributed by atoms with van der Waals surface area (Å²) >= 11 is 0. The number of rotatable bonds is 14. The lowest BCUT2D eigenvalue weighted by Gasteiger charge is -2.31. The number of sulfonamides is 1. The quantitative estimate of drug-likeness (QED) is 0.119. The molecule has 7 rings (SSSR count). The second-order valence-corrected chi connectivity index (χ2v) is 16.2. The van der Waals surface area contributed by atoms with Gasteiger partial charge in [0.1, 0.15) is 12.2 Å². The van der Waals surface area contributed by atoms with E-state index in [4.69, 9.17) is 9.97 Å². The van der Waals surface area contributed by atoms with Crippen molar-refractivity contribution >= 4 is 44.9 Å². The number of aromatic nitrogens is 4. The molecule has 2 fully saturated rings. The van der Waals surface area contributed by atoms with Crippen molar-refractivity contribution in [3.05, 3.63) is 119 Å². The van der Waals surface area contributed by atoms with Gasteiger partial charge in [0.15, 0.2) is 17.0 Å². The first-order chi connectivity index (χ1) is 27.8. The van der Waals surface area contributed by atoms with E-state index in [-0.39, 0.29) is 43.4 Å². The molecule has 0 radical (unpaired) electrons. The highest BCUT2D eigenvalue weighted by molar-refractivity contribution is 7.92. The zero-order valence-corrected chi connectivity index (χ0v) is 32.5. The summed E-state index contributed by atoms with van der Waals surface area (Å²) in [6, 6.07) is 26.1. The van der Waals surface area contributed by atoms with Gasteiger partial charge < -0.3 is 29.9 Å². The number of aliphatic hydroxyl groups is 2. The van der Waals surface area contributed by atoms with E-state index in [9.17, 15) is 36.6 Å². The minimum Gasteiger partial charge on any atom is -0.388 e. The van der Waals surface area contributed by atoms with Crippen LogP contribution in [0.2, 0.25) is 0 Å². The van der Waals surface area contributed by atoms with Crippen LogP contribution >= 0.6 is 0 Å². The van der Waals surface area contributed by atoms with Crippen molar-refractivity contribution in [1.82, 2.24) is 29.1 Å².